The maximum Gasteiger partial charge on any atom is 0.0492 e. The number of hydrogen-bond donors (Lipinski definition) is 1. The van der Waals surface area contributed by atoms with Crippen molar-refractivity contribution in [2.75, 3.05) is 5.32 Å². The maximum absolute atomic E-state index is 3.54. The Kier molecular flexibility index (Phi) is 3.03. The number of benzene rings is 2. The highest BCUT2D eigenvalue weighted by Crippen LogP contribution is 2.27. The number of anilines is 1. The van der Waals surface area contributed by atoms with E-state index < -0.39 is 0 Å². The summed E-state index contributed by atoms with van der Waals surface area (Å²) in [4.78, 5) is 0. The minimum Gasteiger partial charge on any atom is -0.378 e. The van der Waals surface area contributed by atoms with Crippen LogP contribution >= 0.6 is 11.3 Å². The molecule has 90 valence electrons. The van der Waals surface area contributed by atoms with Gasteiger partial charge >= 0.3 is 0 Å². The second-order valence-electron chi connectivity index (χ2n) is 4.45. The van der Waals surface area contributed by atoms with Gasteiger partial charge in [0.25, 0.3) is 0 Å². The fourth-order valence-corrected chi connectivity index (χ4v) is 2.90. The molecular weight excluding hydrogens is 238 g/mol. The van der Waals surface area contributed by atoms with E-state index in [1.165, 1.54) is 22.0 Å². The summed E-state index contributed by atoms with van der Waals surface area (Å²) in [6.45, 7) is 2.21. The van der Waals surface area contributed by atoms with Crippen LogP contribution in [-0.2, 0) is 0 Å². The molecule has 0 saturated carbocycles. The first kappa shape index (κ1) is 11.3. The van der Waals surface area contributed by atoms with Gasteiger partial charge in [0.1, 0.15) is 0 Å². The van der Waals surface area contributed by atoms with Gasteiger partial charge in [-0.25, -0.2) is 0 Å². The third-order valence-electron chi connectivity index (χ3n) is 3.19. The zero-order valence-corrected chi connectivity index (χ0v) is 11.1. The first-order valence-corrected chi connectivity index (χ1v) is 7.05. The third kappa shape index (κ3) is 2.12. The number of fused-ring (bicyclic) bond motifs is 1. The molecule has 0 bridgehead atoms. The van der Waals surface area contributed by atoms with Crippen LogP contribution in [0, 0.1) is 0 Å². The van der Waals surface area contributed by atoms with Crippen LogP contribution in [0.1, 0.15) is 18.5 Å². The van der Waals surface area contributed by atoms with Gasteiger partial charge in [-0.1, -0.05) is 42.5 Å². The van der Waals surface area contributed by atoms with Crippen molar-refractivity contribution in [3.8, 4) is 0 Å². The molecular formula is C16H15NS. The zero-order chi connectivity index (χ0) is 12.4. The molecule has 0 aliphatic rings. The lowest BCUT2D eigenvalue weighted by atomic mass is 10.00. The van der Waals surface area contributed by atoms with Crippen molar-refractivity contribution in [3.63, 3.8) is 0 Å². The SMILES string of the molecule is CC(Nc1ccsc1)c1cccc2ccccc12. The lowest BCUT2D eigenvalue weighted by Crippen LogP contribution is -2.06. The number of thiophene rings is 1. The fraction of sp³-hybridized carbons (Fsp3) is 0.125. The van der Waals surface area contributed by atoms with Gasteiger partial charge in [0.2, 0.25) is 0 Å². The van der Waals surface area contributed by atoms with E-state index in [4.69, 9.17) is 0 Å². The van der Waals surface area contributed by atoms with E-state index in [2.05, 4.69) is 71.5 Å². The van der Waals surface area contributed by atoms with Gasteiger partial charge in [-0.05, 0) is 34.7 Å². The molecule has 0 radical (unpaired) electrons. The molecule has 0 saturated heterocycles. The van der Waals surface area contributed by atoms with E-state index >= 15 is 0 Å². The molecule has 1 nitrogen and oxygen atoms in total. The average Bonchev–Trinajstić information content (AvgIpc) is 2.91. The molecule has 18 heavy (non-hydrogen) atoms. The number of rotatable bonds is 3. The summed E-state index contributed by atoms with van der Waals surface area (Å²) in [5.74, 6) is 0. The van der Waals surface area contributed by atoms with Crippen LogP contribution in [0.2, 0.25) is 0 Å². The molecule has 1 N–H and O–H groups in total. The Hall–Kier alpha value is -1.80. The monoisotopic (exact) mass is 253 g/mol. The standard InChI is InChI=1S/C16H15NS/c1-12(17-14-9-10-18-11-14)15-8-4-6-13-5-2-3-7-16(13)15/h2-12,17H,1H3. The molecule has 3 rings (SSSR count). The molecule has 2 aromatic carbocycles. The number of hydrogen-bond acceptors (Lipinski definition) is 2. The Morgan fingerprint density at radius 1 is 1.00 bits per heavy atom. The summed E-state index contributed by atoms with van der Waals surface area (Å²) in [7, 11) is 0. The largest absolute Gasteiger partial charge is 0.378 e. The molecule has 0 aliphatic heterocycles. The van der Waals surface area contributed by atoms with Crippen molar-refractivity contribution in [3.05, 3.63) is 64.9 Å². The van der Waals surface area contributed by atoms with Crippen molar-refractivity contribution < 1.29 is 0 Å². The highest BCUT2D eigenvalue weighted by atomic mass is 32.1. The predicted octanol–water partition coefficient (Wildman–Crippen LogP) is 5.07. The lowest BCUT2D eigenvalue weighted by molar-refractivity contribution is 0.896. The summed E-state index contributed by atoms with van der Waals surface area (Å²) >= 11 is 1.72. The van der Waals surface area contributed by atoms with Gasteiger partial charge in [0.05, 0.1) is 0 Å². The van der Waals surface area contributed by atoms with E-state index in [-0.39, 0.29) is 0 Å². The minimum absolute atomic E-state index is 0.311. The highest BCUT2D eigenvalue weighted by Gasteiger charge is 2.08. The molecule has 1 unspecified atom stereocenters. The fourth-order valence-electron chi connectivity index (χ4n) is 2.30. The van der Waals surface area contributed by atoms with Crippen molar-refractivity contribution >= 4 is 27.8 Å². The molecule has 1 heterocycles. The molecule has 2 heteroatoms. The van der Waals surface area contributed by atoms with Crippen LogP contribution in [0.3, 0.4) is 0 Å². The van der Waals surface area contributed by atoms with E-state index in [9.17, 15) is 0 Å². The quantitative estimate of drug-likeness (QED) is 0.686. The molecule has 0 amide bonds. The first-order chi connectivity index (χ1) is 8.84. The Morgan fingerprint density at radius 2 is 1.83 bits per heavy atom. The van der Waals surface area contributed by atoms with E-state index in [0.29, 0.717) is 6.04 Å². The summed E-state index contributed by atoms with van der Waals surface area (Å²) in [6.07, 6.45) is 0. The van der Waals surface area contributed by atoms with Gasteiger partial charge in [-0.15, -0.1) is 0 Å². The molecule has 1 aromatic heterocycles. The lowest BCUT2D eigenvalue weighted by Gasteiger charge is -2.16. The second kappa shape index (κ2) is 4.83. The van der Waals surface area contributed by atoms with Crippen molar-refractivity contribution in [2.24, 2.45) is 0 Å². The Morgan fingerprint density at radius 3 is 2.67 bits per heavy atom. The van der Waals surface area contributed by atoms with Crippen LogP contribution in [0.25, 0.3) is 10.8 Å². The van der Waals surface area contributed by atoms with Crippen molar-refractivity contribution in [2.45, 2.75) is 13.0 Å². The van der Waals surface area contributed by atoms with E-state index in [1.807, 2.05) is 0 Å². The van der Waals surface area contributed by atoms with Gasteiger partial charge in [0, 0.05) is 17.1 Å². The van der Waals surface area contributed by atoms with Crippen molar-refractivity contribution in [1.82, 2.24) is 0 Å². The molecule has 3 aromatic rings. The highest BCUT2D eigenvalue weighted by molar-refractivity contribution is 7.08. The van der Waals surface area contributed by atoms with Crippen molar-refractivity contribution in [1.29, 1.82) is 0 Å². The Bertz CT molecular complexity index is 638. The summed E-state index contributed by atoms with van der Waals surface area (Å²) in [5.41, 5.74) is 2.54. The van der Waals surface area contributed by atoms with Crippen LogP contribution in [0.4, 0.5) is 5.69 Å². The van der Waals surface area contributed by atoms with E-state index in [0.717, 1.165) is 0 Å². The van der Waals surface area contributed by atoms with Crippen LogP contribution in [0.15, 0.2) is 59.3 Å². The Balaban J connectivity index is 1.98. The third-order valence-corrected chi connectivity index (χ3v) is 3.88. The van der Waals surface area contributed by atoms with Crippen LogP contribution < -0.4 is 5.32 Å². The first-order valence-electron chi connectivity index (χ1n) is 6.11. The molecule has 1 atom stereocenters. The van der Waals surface area contributed by atoms with E-state index in [1.54, 1.807) is 11.3 Å². The van der Waals surface area contributed by atoms with Crippen LogP contribution in [-0.4, -0.2) is 0 Å². The van der Waals surface area contributed by atoms with Gasteiger partial charge in [-0.3, -0.25) is 0 Å². The molecule has 0 spiro atoms. The average molecular weight is 253 g/mol. The smallest absolute Gasteiger partial charge is 0.0492 e. The summed E-state index contributed by atoms with van der Waals surface area (Å²) in [6, 6.07) is 17.5. The number of nitrogens with one attached hydrogen (secondary N) is 1. The Labute approximate surface area is 111 Å². The van der Waals surface area contributed by atoms with Crippen LogP contribution in [0.5, 0.6) is 0 Å². The second-order valence-corrected chi connectivity index (χ2v) is 5.23. The normalized spacial score (nSPS) is 12.5. The summed E-state index contributed by atoms with van der Waals surface area (Å²) in [5, 5.41) is 10.4. The van der Waals surface area contributed by atoms with Gasteiger partial charge < -0.3 is 5.32 Å². The molecule has 0 aliphatic carbocycles. The topological polar surface area (TPSA) is 12.0 Å². The minimum atomic E-state index is 0.311. The predicted molar refractivity (Wildman–Crippen MR) is 80.3 cm³/mol. The van der Waals surface area contributed by atoms with Gasteiger partial charge in [-0.2, -0.15) is 11.3 Å². The maximum atomic E-state index is 3.54. The van der Waals surface area contributed by atoms with Gasteiger partial charge in [0.15, 0.2) is 0 Å². The summed E-state index contributed by atoms with van der Waals surface area (Å²) < 4.78 is 0. The molecule has 0 fully saturated rings. The zero-order valence-electron chi connectivity index (χ0n) is 10.3.